The lowest BCUT2D eigenvalue weighted by Crippen LogP contribution is -3.11. The third-order valence-corrected chi connectivity index (χ3v) is 5.32. The van der Waals surface area contributed by atoms with E-state index < -0.39 is 0 Å². The summed E-state index contributed by atoms with van der Waals surface area (Å²) in [6.07, 6.45) is 3.02. The van der Waals surface area contributed by atoms with Crippen molar-refractivity contribution < 1.29 is 19.2 Å². The maximum Gasteiger partial charge on any atom is 0.279 e. The van der Waals surface area contributed by atoms with Crippen LogP contribution in [0.4, 0.5) is 5.69 Å². The molecule has 2 aromatic carbocycles. The normalized spacial score (nSPS) is 20.8. The second kappa shape index (κ2) is 8.32. The van der Waals surface area contributed by atoms with Gasteiger partial charge in [-0.15, -0.1) is 0 Å². The SMILES string of the molecule is N#Cc1cccc(NC(=O)C[NH+]2CCC[C@@H]2c2ccc3c(c2)OCCCO3)c1. The van der Waals surface area contributed by atoms with E-state index >= 15 is 0 Å². The van der Waals surface area contributed by atoms with Crippen molar-refractivity contribution in [2.45, 2.75) is 25.3 Å². The Balaban J connectivity index is 1.44. The number of benzene rings is 2. The number of ether oxygens (including phenoxy) is 2. The number of nitriles is 1. The van der Waals surface area contributed by atoms with E-state index in [1.54, 1.807) is 24.3 Å². The predicted octanol–water partition coefficient (Wildman–Crippen LogP) is 2.08. The quantitative estimate of drug-likeness (QED) is 0.854. The molecule has 6 heteroatoms. The van der Waals surface area contributed by atoms with Crippen LogP contribution in [0.15, 0.2) is 42.5 Å². The largest absolute Gasteiger partial charge is 0.490 e. The highest BCUT2D eigenvalue weighted by Gasteiger charge is 2.32. The number of anilines is 1. The van der Waals surface area contributed by atoms with Gasteiger partial charge in [0.1, 0.15) is 6.04 Å². The monoisotopic (exact) mass is 378 g/mol. The van der Waals surface area contributed by atoms with Crippen molar-refractivity contribution in [1.29, 1.82) is 5.26 Å². The van der Waals surface area contributed by atoms with E-state index in [4.69, 9.17) is 14.7 Å². The molecule has 2 aliphatic heterocycles. The van der Waals surface area contributed by atoms with Gasteiger partial charge in [0.25, 0.3) is 5.91 Å². The van der Waals surface area contributed by atoms with Gasteiger partial charge in [0.2, 0.25) is 0 Å². The summed E-state index contributed by atoms with van der Waals surface area (Å²) in [5.41, 5.74) is 2.39. The number of hydrogen-bond acceptors (Lipinski definition) is 4. The summed E-state index contributed by atoms with van der Waals surface area (Å²) < 4.78 is 11.5. The van der Waals surface area contributed by atoms with Gasteiger partial charge in [-0.05, 0) is 36.4 Å². The molecule has 144 valence electrons. The number of hydrogen-bond donors (Lipinski definition) is 2. The Labute approximate surface area is 164 Å². The van der Waals surface area contributed by atoms with Crippen LogP contribution in [0.1, 0.15) is 36.4 Å². The van der Waals surface area contributed by atoms with Crippen LogP contribution in [0.5, 0.6) is 11.5 Å². The van der Waals surface area contributed by atoms with Gasteiger partial charge in [-0.3, -0.25) is 4.79 Å². The van der Waals surface area contributed by atoms with Crippen molar-refractivity contribution >= 4 is 11.6 Å². The van der Waals surface area contributed by atoms with E-state index in [9.17, 15) is 4.79 Å². The van der Waals surface area contributed by atoms with Gasteiger partial charge in [0.15, 0.2) is 18.0 Å². The van der Waals surface area contributed by atoms with Crippen LogP contribution in [0.3, 0.4) is 0 Å². The van der Waals surface area contributed by atoms with Crippen molar-refractivity contribution in [2.24, 2.45) is 0 Å². The summed E-state index contributed by atoms with van der Waals surface area (Å²) in [5, 5.41) is 11.9. The van der Waals surface area contributed by atoms with Gasteiger partial charge < -0.3 is 19.7 Å². The third-order valence-electron chi connectivity index (χ3n) is 5.32. The average molecular weight is 378 g/mol. The first-order chi connectivity index (χ1) is 13.7. The van der Waals surface area contributed by atoms with E-state index in [0.29, 0.717) is 31.0 Å². The summed E-state index contributed by atoms with van der Waals surface area (Å²) in [7, 11) is 0. The third kappa shape index (κ3) is 4.10. The summed E-state index contributed by atoms with van der Waals surface area (Å²) in [5.74, 6) is 1.57. The summed E-state index contributed by atoms with van der Waals surface area (Å²) >= 11 is 0. The van der Waals surface area contributed by atoms with Crippen LogP contribution in [0, 0.1) is 11.3 Å². The number of carbonyl (C=O) groups is 1. The van der Waals surface area contributed by atoms with E-state index in [0.717, 1.165) is 37.3 Å². The maximum absolute atomic E-state index is 12.6. The van der Waals surface area contributed by atoms with Crippen molar-refractivity contribution in [3.8, 4) is 17.6 Å². The Kier molecular flexibility index (Phi) is 5.45. The van der Waals surface area contributed by atoms with Gasteiger partial charge in [-0.2, -0.15) is 5.26 Å². The zero-order valence-electron chi connectivity index (χ0n) is 15.7. The maximum atomic E-state index is 12.6. The van der Waals surface area contributed by atoms with Gasteiger partial charge >= 0.3 is 0 Å². The lowest BCUT2D eigenvalue weighted by Gasteiger charge is -2.22. The van der Waals surface area contributed by atoms with E-state index in [2.05, 4.69) is 23.5 Å². The van der Waals surface area contributed by atoms with Crippen LogP contribution >= 0.6 is 0 Å². The number of nitrogens with one attached hydrogen (secondary N) is 2. The lowest BCUT2D eigenvalue weighted by atomic mass is 10.0. The summed E-state index contributed by atoms with van der Waals surface area (Å²) in [6.45, 7) is 2.71. The highest BCUT2D eigenvalue weighted by atomic mass is 16.5. The predicted molar refractivity (Wildman–Crippen MR) is 105 cm³/mol. The topological polar surface area (TPSA) is 75.8 Å². The Morgan fingerprint density at radius 2 is 2.00 bits per heavy atom. The number of nitrogens with zero attached hydrogens (tertiary/aromatic N) is 1. The fourth-order valence-electron chi connectivity index (χ4n) is 4.00. The molecule has 0 bridgehead atoms. The molecule has 0 aromatic heterocycles. The molecule has 1 unspecified atom stereocenters. The molecule has 6 nitrogen and oxygen atoms in total. The zero-order chi connectivity index (χ0) is 19.3. The fourth-order valence-corrected chi connectivity index (χ4v) is 4.00. The van der Waals surface area contributed by atoms with Crippen LogP contribution in [-0.4, -0.2) is 32.2 Å². The lowest BCUT2D eigenvalue weighted by molar-refractivity contribution is -0.910. The number of likely N-dealkylation sites (tertiary alicyclic amines) is 1. The standard InChI is InChI=1S/C22H23N3O3/c23-14-16-4-1-5-18(12-16)24-22(26)15-25-9-2-6-19(25)17-7-8-20-21(13-17)28-11-3-10-27-20/h1,4-5,7-8,12-13,19H,2-3,6,9-11,15H2,(H,24,26)/p+1/t19-/m1/s1. The van der Waals surface area contributed by atoms with Crippen LogP contribution < -0.4 is 19.7 Å². The average Bonchev–Trinajstić information content (AvgIpc) is 3.03. The molecule has 0 spiro atoms. The number of quaternary nitrogens is 1. The highest BCUT2D eigenvalue weighted by molar-refractivity contribution is 5.91. The Morgan fingerprint density at radius 3 is 2.86 bits per heavy atom. The first-order valence-corrected chi connectivity index (χ1v) is 9.77. The Bertz CT molecular complexity index is 906. The summed E-state index contributed by atoms with van der Waals surface area (Å²) in [6, 6.07) is 15.5. The minimum absolute atomic E-state index is 0.0358. The van der Waals surface area contributed by atoms with Gasteiger partial charge in [0, 0.05) is 30.5 Å². The van der Waals surface area contributed by atoms with Crippen molar-refractivity contribution in [3.63, 3.8) is 0 Å². The van der Waals surface area contributed by atoms with E-state index in [-0.39, 0.29) is 11.9 Å². The van der Waals surface area contributed by atoms with Gasteiger partial charge in [-0.1, -0.05) is 6.07 Å². The molecule has 2 aromatic rings. The molecular weight excluding hydrogens is 354 g/mol. The minimum atomic E-state index is -0.0358. The van der Waals surface area contributed by atoms with Crippen LogP contribution in [-0.2, 0) is 4.79 Å². The van der Waals surface area contributed by atoms with E-state index in [1.807, 2.05) is 6.07 Å². The smallest absolute Gasteiger partial charge is 0.279 e. The van der Waals surface area contributed by atoms with Crippen LogP contribution in [0.2, 0.25) is 0 Å². The molecule has 2 aliphatic rings. The Morgan fingerprint density at radius 1 is 1.14 bits per heavy atom. The zero-order valence-corrected chi connectivity index (χ0v) is 15.7. The molecule has 28 heavy (non-hydrogen) atoms. The molecule has 0 radical (unpaired) electrons. The number of rotatable bonds is 4. The molecule has 0 saturated carbocycles. The van der Waals surface area contributed by atoms with Gasteiger partial charge in [0.05, 0.1) is 31.4 Å². The number of amides is 1. The molecule has 2 N–H and O–H groups in total. The molecule has 0 aliphatic carbocycles. The molecule has 1 amide bonds. The van der Waals surface area contributed by atoms with E-state index in [1.165, 1.54) is 10.5 Å². The van der Waals surface area contributed by atoms with Crippen molar-refractivity contribution in [2.75, 3.05) is 31.6 Å². The number of fused-ring (bicyclic) bond motifs is 1. The van der Waals surface area contributed by atoms with Crippen LogP contribution in [0.25, 0.3) is 0 Å². The molecule has 1 saturated heterocycles. The van der Waals surface area contributed by atoms with Crippen molar-refractivity contribution in [1.82, 2.24) is 0 Å². The fraction of sp³-hybridized carbons (Fsp3) is 0.364. The second-order valence-electron chi connectivity index (χ2n) is 7.28. The summed E-state index contributed by atoms with van der Waals surface area (Å²) in [4.78, 5) is 13.8. The molecule has 4 rings (SSSR count). The minimum Gasteiger partial charge on any atom is -0.490 e. The second-order valence-corrected chi connectivity index (χ2v) is 7.28. The van der Waals surface area contributed by atoms with Gasteiger partial charge in [-0.25, -0.2) is 0 Å². The molecular formula is C22H24N3O3+. The highest BCUT2D eigenvalue weighted by Crippen LogP contribution is 2.33. The number of carbonyl (C=O) groups excluding carboxylic acids is 1. The first kappa shape index (κ1) is 18.3. The molecule has 1 fully saturated rings. The van der Waals surface area contributed by atoms with Crippen molar-refractivity contribution in [3.05, 3.63) is 53.6 Å². The molecule has 2 heterocycles. The Hall–Kier alpha value is -3.04. The molecule has 2 atom stereocenters. The first-order valence-electron chi connectivity index (χ1n) is 9.77.